The third-order valence-electron chi connectivity index (χ3n) is 5.23. The quantitative estimate of drug-likeness (QED) is 0.676. The summed E-state index contributed by atoms with van der Waals surface area (Å²) in [5, 5.41) is 8.17. The summed E-state index contributed by atoms with van der Waals surface area (Å²) in [6, 6.07) is 5.41. The molecule has 0 radical (unpaired) electrons. The molecule has 0 saturated heterocycles. The van der Waals surface area contributed by atoms with Gasteiger partial charge in [-0.25, -0.2) is 15.0 Å². The van der Waals surface area contributed by atoms with Gasteiger partial charge in [0.2, 0.25) is 5.91 Å². The van der Waals surface area contributed by atoms with E-state index in [0.717, 1.165) is 22.2 Å². The van der Waals surface area contributed by atoms with Crippen LogP contribution in [-0.2, 0) is 14.4 Å². The predicted molar refractivity (Wildman–Crippen MR) is 115 cm³/mol. The van der Waals surface area contributed by atoms with Crippen LogP contribution in [0.4, 0.5) is 5.82 Å². The Morgan fingerprint density at radius 2 is 1.97 bits per heavy atom. The van der Waals surface area contributed by atoms with E-state index in [1.807, 2.05) is 12.1 Å². The lowest BCUT2D eigenvalue weighted by molar-refractivity contribution is -0.124. The number of nitrogens with zero attached hydrogens (tertiary/aromatic N) is 3. The number of hydroxylamine groups is 1. The molecule has 0 saturated carbocycles. The minimum absolute atomic E-state index is 0.0590. The van der Waals surface area contributed by atoms with Gasteiger partial charge >= 0.3 is 0 Å². The van der Waals surface area contributed by atoms with E-state index in [4.69, 9.17) is 9.57 Å². The number of allylic oxidation sites excluding steroid dienone is 2. The fourth-order valence-corrected chi connectivity index (χ4v) is 3.65. The maximum Gasteiger partial charge on any atom is 0.257 e. The van der Waals surface area contributed by atoms with Crippen LogP contribution in [0.1, 0.15) is 25.7 Å². The Hall–Kier alpha value is -3.46. The Labute approximate surface area is 180 Å². The van der Waals surface area contributed by atoms with Crippen molar-refractivity contribution in [3.63, 3.8) is 0 Å². The number of amides is 2. The summed E-state index contributed by atoms with van der Waals surface area (Å²) in [6.45, 7) is 0.719. The Morgan fingerprint density at radius 1 is 1.10 bits per heavy atom. The first-order chi connectivity index (χ1) is 15.2. The van der Waals surface area contributed by atoms with Gasteiger partial charge in [-0.2, -0.15) is 0 Å². The van der Waals surface area contributed by atoms with E-state index in [1.54, 1.807) is 18.2 Å². The highest BCUT2D eigenvalue weighted by Gasteiger charge is 2.22. The van der Waals surface area contributed by atoms with Crippen molar-refractivity contribution in [3.05, 3.63) is 47.9 Å². The Balaban J connectivity index is 1.77. The molecule has 2 bridgehead atoms. The number of fused-ring (bicyclic) bond motifs is 1. The monoisotopic (exact) mass is 423 g/mol. The summed E-state index contributed by atoms with van der Waals surface area (Å²) < 4.78 is 5.67. The van der Waals surface area contributed by atoms with Gasteiger partial charge in [0, 0.05) is 31.3 Å². The number of hydrogen-bond acceptors (Lipinski definition) is 7. The molecule has 2 heterocycles. The lowest BCUT2D eigenvalue weighted by atomic mass is 10.0. The van der Waals surface area contributed by atoms with Gasteiger partial charge in [0.05, 0.1) is 18.3 Å². The summed E-state index contributed by atoms with van der Waals surface area (Å²) in [6.07, 6.45) is 7.90. The van der Waals surface area contributed by atoms with Gasteiger partial charge in [-0.1, -0.05) is 12.2 Å². The zero-order chi connectivity index (χ0) is 21.6. The van der Waals surface area contributed by atoms with Crippen LogP contribution < -0.4 is 20.4 Å². The van der Waals surface area contributed by atoms with Crippen LogP contribution in [0.15, 0.2) is 47.9 Å². The number of anilines is 1. The standard InChI is InChI=1S/C22H25N5O4/c1-30-27-19-6-3-2-5-15(19)12-24-20(28)7-4-10-23-21(29)13-31-16-8-9-18-17(11-16)22(27)26-14-25-18/h2-3,8-9,11,14H,4-7,10,12-13H2,1H3,(H,23,29)(H,24,28). The normalized spacial score (nSPS) is 18.3. The second-order valence-corrected chi connectivity index (χ2v) is 7.30. The molecular formula is C22H25N5O4. The molecule has 9 heteroatoms. The fraction of sp³-hybridized carbons (Fsp3) is 0.364. The summed E-state index contributed by atoms with van der Waals surface area (Å²) in [4.78, 5) is 38.9. The van der Waals surface area contributed by atoms with Gasteiger partial charge in [-0.3, -0.25) is 14.4 Å². The number of aromatic nitrogens is 2. The molecule has 4 rings (SSSR count). The van der Waals surface area contributed by atoms with E-state index in [0.29, 0.717) is 50.3 Å². The largest absolute Gasteiger partial charge is 0.484 e. The molecule has 1 aromatic carbocycles. The molecule has 1 aliphatic carbocycles. The lowest BCUT2D eigenvalue weighted by Gasteiger charge is -2.28. The van der Waals surface area contributed by atoms with Gasteiger partial charge in [-0.15, -0.1) is 0 Å². The molecule has 0 unspecified atom stereocenters. The fourth-order valence-electron chi connectivity index (χ4n) is 3.65. The molecule has 0 spiro atoms. The smallest absolute Gasteiger partial charge is 0.257 e. The molecule has 2 N–H and O–H groups in total. The highest BCUT2D eigenvalue weighted by Crippen LogP contribution is 2.32. The number of nitrogens with one attached hydrogen (secondary N) is 2. The Bertz CT molecular complexity index is 1050. The Kier molecular flexibility index (Phi) is 6.42. The average molecular weight is 423 g/mol. The molecule has 2 aliphatic rings. The zero-order valence-corrected chi connectivity index (χ0v) is 17.4. The van der Waals surface area contributed by atoms with Crippen molar-refractivity contribution < 1.29 is 19.2 Å². The van der Waals surface area contributed by atoms with Crippen LogP contribution in [0.25, 0.3) is 10.9 Å². The predicted octanol–water partition coefficient (Wildman–Crippen LogP) is 2.01. The molecule has 0 fully saturated rings. The second-order valence-electron chi connectivity index (χ2n) is 7.30. The van der Waals surface area contributed by atoms with Gasteiger partial charge in [0.25, 0.3) is 5.91 Å². The third kappa shape index (κ3) is 4.83. The first kappa shape index (κ1) is 20.8. The van der Waals surface area contributed by atoms with Crippen molar-refractivity contribution in [2.75, 3.05) is 31.9 Å². The van der Waals surface area contributed by atoms with E-state index >= 15 is 0 Å². The third-order valence-corrected chi connectivity index (χ3v) is 5.23. The molecule has 1 aliphatic heterocycles. The maximum absolute atomic E-state index is 12.3. The number of carbonyl (C=O) groups excluding carboxylic acids is 2. The van der Waals surface area contributed by atoms with Crippen LogP contribution in [0, 0.1) is 0 Å². The maximum atomic E-state index is 12.3. The first-order valence-corrected chi connectivity index (χ1v) is 10.3. The van der Waals surface area contributed by atoms with Crippen LogP contribution in [0.5, 0.6) is 5.75 Å². The van der Waals surface area contributed by atoms with E-state index in [1.165, 1.54) is 6.33 Å². The summed E-state index contributed by atoms with van der Waals surface area (Å²) in [7, 11) is 1.59. The molecular weight excluding hydrogens is 398 g/mol. The van der Waals surface area contributed by atoms with Gasteiger partial charge in [-0.05, 0) is 36.6 Å². The van der Waals surface area contributed by atoms with E-state index in [-0.39, 0.29) is 18.4 Å². The lowest BCUT2D eigenvalue weighted by Crippen LogP contribution is -2.32. The summed E-state index contributed by atoms with van der Waals surface area (Å²) >= 11 is 0. The van der Waals surface area contributed by atoms with Crippen molar-refractivity contribution in [3.8, 4) is 5.75 Å². The molecule has 9 nitrogen and oxygen atoms in total. The number of carbonyl (C=O) groups is 2. The number of ether oxygens (including phenoxy) is 1. The molecule has 162 valence electrons. The van der Waals surface area contributed by atoms with Crippen LogP contribution in [0.2, 0.25) is 0 Å². The Morgan fingerprint density at radius 3 is 2.84 bits per heavy atom. The van der Waals surface area contributed by atoms with Crippen molar-refractivity contribution >= 4 is 28.5 Å². The van der Waals surface area contributed by atoms with Crippen molar-refractivity contribution in [2.24, 2.45) is 0 Å². The minimum atomic E-state index is -0.240. The SMILES string of the molecule is CON1C2=C(CC=CC2)CNC(=O)CCCNC(=O)COc2ccc3ncnc1c3c2. The first-order valence-electron chi connectivity index (χ1n) is 10.3. The van der Waals surface area contributed by atoms with E-state index < -0.39 is 0 Å². The van der Waals surface area contributed by atoms with Crippen LogP contribution in [0.3, 0.4) is 0 Å². The minimum Gasteiger partial charge on any atom is -0.484 e. The summed E-state index contributed by atoms with van der Waals surface area (Å²) in [5.41, 5.74) is 2.70. The van der Waals surface area contributed by atoms with Crippen LogP contribution in [-0.4, -0.2) is 48.6 Å². The highest BCUT2D eigenvalue weighted by atomic mass is 16.7. The van der Waals surface area contributed by atoms with Crippen LogP contribution >= 0.6 is 0 Å². The number of rotatable bonds is 1. The van der Waals surface area contributed by atoms with Crippen molar-refractivity contribution in [1.82, 2.24) is 20.6 Å². The second kappa shape index (κ2) is 9.57. The van der Waals surface area contributed by atoms with Crippen molar-refractivity contribution in [1.29, 1.82) is 0 Å². The summed E-state index contributed by atoms with van der Waals surface area (Å²) in [5.74, 6) is 0.807. The average Bonchev–Trinajstić information content (AvgIpc) is 2.80. The molecule has 2 aromatic rings. The van der Waals surface area contributed by atoms with Gasteiger partial charge in [0.15, 0.2) is 12.4 Å². The van der Waals surface area contributed by atoms with Gasteiger partial charge < -0.3 is 15.4 Å². The van der Waals surface area contributed by atoms with Crippen molar-refractivity contribution in [2.45, 2.75) is 25.7 Å². The topological polar surface area (TPSA) is 106 Å². The van der Waals surface area contributed by atoms with E-state index in [9.17, 15) is 9.59 Å². The number of hydrogen-bond donors (Lipinski definition) is 2. The molecule has 31 heavy (non-hydrogen) atoms. The molecule has 2 amide bonds. The zero-order valence-electron chi connectivity index (χ0n) is 17.4. The van der Waals surface area contributed by atoms with E-state index in [2.05, 4.69) is 32.8 Å². The molecule has 0 atom stereocenters. The number of benzene rings is 1. The highest BCUT2D eigenvalue weighted by molar-refractivity contribution is 5.91. The molecule has 1 aromatic heterocycles. The van der Waals surface area contributed by atoms with Gasteiger partial charge in [0.1, 0.15) is 12.1 Å².